The van der Waals surface area contributed by atoms with Gasteiger partial charge in [-0.25, -0.2) is 4.39 Å². The number of rotatable bonds is 5. The van der Waals surface area contributed by atoms with Crippen LogP contribution in [0.3, 0.4) is 0 Å². The van der Waals surface area contributed by atoms with Crippen LogP contribution in [0.15, 0.2) is 22.7 Å². The molecule has 1 N–H and O–H groups in total. The van der Waals surface area contributed by atoms with E-state index in [1.54, 1.807) is 6.07 Å². The Kier molecular flexibility index (Phi) is 5.96. The van der Waals surface area contributed by atoms with Crippen molar-refractivity contribution in [3.8, 4) is 0 Å². The minimum Gasteiger partial charge on any atom is -0.374 e. The van der Waals surface area contributed by atoms with Gasteiger partial charge in [0.2, 0.25) is 0 Å². The largest absolute Gasteiger partial charge is 0.374 e. The second-order valence-electron chi connectivity index (χ2n) is 5.45. The van der Waals surface area contributed by atoms with Crippen molar-refractivity contribution in [2.24, 2.45) is 0 Å². The van der Waals surface area contributed by atoms with Crippen LogP contribution in [-0.2, 0) is 11.3 Å². The smallest absolute Gasteiger partial charge is 0.127 e. The van der Waals surface area contributed by atoms with Gasteiger partial charge < -0.3 is 10.1 Å². The molecule has 1 aliphatic rings. The van der Waals surface area contributed by atoms with E-state index in [1.165, 1.54) is 6.07 Å². The molecule has 0 aliphatic carbocycles. The van der Waals surface area contributed by atoms with Crippen molar-refractivity contribution in [3.63, 3.8) is 0 Å². The zero-order valence-electron chi connectivity index (χ0n) is 12.0. The molecule has 0 radical (unpaired) electrons. The van der Waals surface area contributed by atoms with Crippen LogP contribution in [0.5, 0.6) is 0 Å². The first kappa shape index (κ1) is 15.9. The van der Waals surface area contributed by atoms with Crippen molar-refractivity contribution < 1.29 is 9.13 Å². The summed E-state index contributed by atoms with van der Waals surface area (Å²) < 4.78 is 20.2. The Morgan fingerprint density at radius 1 is 1.50 bits per heavy atom. The zero-order valence-corrected chi connectivity index (χ0v) is 13.6. The van der Waals surface area contributed by atoms with Crippen LogP contribution in [-0.4, -0.2) is 43.3 Å². The summed E-state index contributed by atoms with van der Waals surface area (Å²) in [6, 6.07) is 5.55. The molecule has 1 aliphatic heterocycles. The number of hydrogen-bond donors (Lipinski definition) is 1. The van der Waals surface area contributed by atoms with Gasteiger partial charge in [0, 0.05) is 42.3 Å². The lowest BCUT2D eigenvalue weighted by molar-refractivity contribution is -0.0372. The molecule has 0 saturated carbocycles. The lowest BCUT2D eigenvalue weighted by Crippen LogP contribution is -2.49. The van der Waals surface area contributed by atoms with Crippen molar-refractivity contribution in [1.29, 1.82) is 0 Å². The number of hydrogen-bond acceptors (Lipinski definition) is 3. The van der Waals surface area contributed by atoms with E-state index in [0.29, 0.717) is 18.2 Å². The highest BCUT2D eigenvalue weighted by Crippen LogP contribution is 2.15. The maximum absolute atomic E-state index is 13.6. The molecule has 1 heterocycles. The molecule has 0 bridgehead atoms. The number of benzene rings is 1. The van der Waals surface area contributed by atoms with Crippen LogP contribution in [0.25, 0.3) is 0 Å². The molecule has 1 aromatic carbocycles. The quantitative estimate of drug-likeness (QED) is 0.888. The molecule has 112 valence electrons. The fourth-order valence-electron chi connectivity index (χ4n) is 2.38. The van der Waals surface area contributed by atoms with E-state index in [1.807, 2.05) is 6.07 Å². The van der Waals surface area contributed by atoms with Gasteiger partial charge in [0.05, 0.1) is 12.7 Å². The van der Waals surface area contributed by atoms with Crippen molar-refractivity contribution >= 4 is 15.9 Å². The number of nitrogens with one attached hydrogen (secondary N) is 1. The van der Waals surface area contributed by atoms with Crippen molar-refractivity contribution in [2.45, 2.75) is 32.5 Å². The van der Waals surface area contributed by atoms with Gasteiger partial charge in [-0.3, -0.25) is 4.90 Å². The molecule has 1 aromatic rings. The standard InChI is InChI=1S/C15H22BrFN2O/c1-11(2)19-5-6-20-14(10-19)9-18-8-12-7-13(16)3-4-15(12)17/h3-4,7,11,14,18H,5-6,8-10H2,1-2H3. The highest BCUT2D eigenvalue weighted by atomic mass is 79.9. The summed E-state index contributed by atoms with van der Waals surface area (Å²) in [4.78, 5) is 2.41. The fourth-order valence-corrected chi connectivity index (χ4v) is 2.79. The van der Waals surface area contributed by atoms with E-state index in [9.17, 15) is 4.39 Å². The maximum atomic E-state index is 13.6. The first-order chi connectivity index (χ1) is 9.56. The van der Waals surface area contributed by atoms with Crippen molar-refractivity contribution in [1.82, 2.24) is 10.2 Å². The SMILES string of the molecule is CC(C)N1CCOC(CNCc2cc(Br)ccc2F)C1. The summed E-state index contributed by atoms with van der Waals surface area (Å²) in [5, 5.41) is 3.29. The topological polar surface area (TPSA) is 24.5 Å². The van der Waals surface area contributed by atoms with Gasteiger partial charge in [-0.15, -0.1) is 0 Å². The predicted octanol–water partition coefficient (Wildman–Crippen LogP) is 2.79. The maximum Gasteiger partial charge on any atom is 0.127 e. The van der Waals surface area contributed by atoms with Gasteiger partial charge in [-0.05, 0) is 32.0 Å². The lowest BCUT2D eigenvalue weighted by atomic mass is 10.2. The Morgan fingerprint density at radius 2 is 2.30 bits per heavy atom. The van der Waals surface area contributed by atoms with E-state index < -0.39 is 0 Å². The van der Waals surface area contributed by atoms with E-state index in [4.69, 9.17) is 4.74 Å². The number of morpholine rings is 1. The van der Waals surface area contributed by atoms with Crippen LogP contribution in [0, 0.1) is 5.82 Å². The van der Waals surface area contributed by atoms with Gasteiger partial charge in [-0.2, -0.15) is 0 Å². The molecule has 1 atom stereocenters. The van der Waals surface area contributed by atoms with Gasteiger partial charge in [0.15, 0.2) is 0 Å². The average molecular weight is 345 g/mol. The van der Waals surface area contributed by atoms with Crippen LogP contribution < -0.4 is 5.32 Å². The van der Waals surface area contributed by atoms with Crippen LogP contribution in [0.2, 0.25) is 0 Å². The molecular formula is C15H22BrFN2O. The average Bonchev–Trinajstić information content (AvgIpc) is 2.43. The van der Waals surface area contributed by atoms with E-state index in [2.05, 4.69) is 40.0 Å². The van der Waals surface area contributed by atoms with E-state index in [0.717, 1.165) is 30.7 Å². The van der Waals surface area contributed by atoms with E-state index >= 15 is 0 Å². The van der Waals surface area contributed by atoms with Gasteiger partial charge in [0.1, 0.15) is 5.82 Å². The summed E-state index contributed by atoms with van der Waals surface area (Å²) in [5.41, 5.74) is 0.677. The molecular weight excluding hydrogens is 323 g/mol. The molecule has 0 amide bonds. The minimum atomic E-state index is -0.172. The normalized spacial score (nSPS) is 20.6. The van der Waals surface area contributed by atoms with E-state index in [-0.39, 0.29) is 11.9 Å². The lowest BCUT2D eigenvalue weighted by Gasteiger charge is -2.35. The molecule has 2 rings (SSSR count). The van der Waals surface area contributed by atoms with Crippen LogP contribution in [0.4, 0.5) is 4.39 Å². The fraction of sp³-hybridized carbons (Fsp3) is 0.600. The summed E-state index contributed by atoms with van der Waals surface area (Å²) >= 11 is 3.36. The third-order valence-electron chi connectivity index (χ3n) is 3.60. The molecule has 1 saturated heterocycles. The first-order valence-corrected chi connectivity index (χ1v) is 7.86. The molecule has 1 fully saturated rings. The number of halogens is 2. The predicted molar refractivity (Wildman–Crippen MR) is 82.3 cm³/mol. The van der Waals surface area contributed by atoms with Crippen molar-refractivity contribution in [3.05, 3.63) is 34.1 Å². The molecule has 0 spiro atoms. The Bertz CT molecular complexity index is 442. The molecule has 3 nitrogen and oxygen atoms in total. The molecule has 1 unspecified atom stereocenters. The first-order valence-electron chi connectivity index (χ1n) is 7.06. The second-order valence-corrected chi connectivity index (χ2v) is 6.36. The molecule has 0 aromatic heterocycles. The Balaban J connectivity index is 1.79. The number of ether oxygens (including phenoxy) is 1. The van der Waals surface area contributed by atoms with Crippen LogP contribution >= 0.6 is 15.9 Å². The van der Waals surface area contributed by atoms with Crippen molar-refractivity contribution in [2.75, 3.05) is 26.2 Å². The third-order valence-corrected chi connectivity index (χ3v) is 4.09. The highest BCUT2D eigenvalue weighted by Gasteiger charge is 2.21. The monoisotopic (exact) mass is 344 g/mol. The Hall–Kier alpha value is -0.490. The second kappa shape index (κ2) is 7.50. The Morgan fingerprint density at radius 3 is 3.05 bits per heavy atom. The highest BCUT2D eigenvalue weighted by molar-refractivity contribution is 9.10. The summed E-state index contributed by atoms with van der Waals surface area (Å²) in [6.45, 7) is 8.37. The summed E-state index contributed by atoms with van der Waals surface area (Å²) in [5.74, 6) is -0.172. The summed E-state index contributed by atoms with van der Waals surface area (Å²) in [6.07, 6.45) is 0.182. The summed E-state index contributed by atoms with van der Waals surface area (Å²) in [7, 11) is 0. The number of nitrogens with zero attached hydrogens (tertiary/aromatic N) is 1. The minimum absolute atomic E-state index is 0.172. The Labute approximate surface area is 128 Å². The third kappa shape index (κ3) is 4.52. The molecule has 20 heavy (non-hydrogen) atoms. The van der Waals surface area contributed by atoms with Gasteiger partial charge >= 0.3 is 0 Å². The molecule has 5 heteroatoms. The van der Waals surface area contributed by atoms with Crippen LogP contribution in [0.1, 0.15) is 19.4 Å². The zero-order chi connectivity index (χ0) is 14.5. The van der Waals surface area contributed by atoms with Gasteiger partial charge in [0.25, 0.3) is 0 Å². The van der Waals surface area contributed by atoms with Gasteiger partial charge in [-0.1, -0.05) is 15.9 Å².